The first kappa shape index (κ1) is 30.4. The fourth-order valence-corrected chi connectivity index (χ4v) is 9.31. The van der Waals surface area contributed by atoms with Crippen LogP contribution in [0.5, 0.6) is 0 Å². The zero-order chi connectivity index (χ0) is 30.8. The summed E-state index contributed by atoms with van der Waals surface area (Å²) in [6, 6.07) is 8.38. The molecule has 8 nitrogen and oxygen atoms in total. The number of nitrogens with zero attached hydrogens (tertiary/aromatic N) is 3. The maximum Gasteiger partial charge on any atom is 0.352 e. The maximum absolute atomic E-state index is 14.2. The fraction of sp³-hybridized carbons (Fsp3) is 0.657. The average Bonchev–Trinajstić information content (AvgIpc) is 3.43. The molecule has 0 saturated heterocycles. The van der Waals surface area contributed by atoms with Gasteiger partial charge in [-0.25, -0.2) is 23.5 Å². The topological polar surface area (TPSA) is 110 Å². The number of benzene rings is 1. The number of hydrogen-bond donors (Lipinski definition) is 3. The number of para-hydroxylation sites is 1. The van der Waals surface area contributed by atoms with Crippen LogP contribution in [0.15, 0.2) is 62.7 Å². The molecule has 3 N–H and O–H groups in total. The van der Waals surface area contributed by atoms with Crippen molar-refractivity contribution in [1.29, 1.82) is 0 Å². The minimum atomic E-state index is -0.779. The predicted molar refractivity (Wildman–Crippen MR) is 167 cm³/mol. The van der Waals surface area contributed by atoms with E-state index in [1.807, 2.05) is 39.0 Å². The highest BCUT2D eigenvalue weighted by Gasteiger charge is 2.55. The van der Waals surface area contributed by atoms with Crippen LogP contribution >= 0.6 is 0 Å². The molecule has 0 bridgehead atoms. The summed E-state index contributed by atoms with van der Waals surface area (Å²) in [7, 11) is 0. The molecule has 1 aromatic carbocycles. The SMILES string of the molecule is CC1=C([C@H]2C=C3[C@H](CC[C@]4(C)[C@@H]([C@H](C)CCCC(C)(C)O)CC[C@@H]34)n3c(=O)n(-c4ccccc4)c(=O)n32)C[C@@H](O)C[C@@H]1O. The molecule has 0 amide bonds. The van der Waals surface area contributed by atoms with Crippen molar-refractivity contribution >= 4 is 0 Å². The minimum Gasteiger partial charge on any atom is -0.393 e. The number of rotatable bonds is 7. The molecule has 234 valence electrons. The second kappa shape index (κ2) is 11.0. The third-order valence-corrected chi connectivity index (χ3v) is 11.5. The first-order valence-corrected chi connectivity index (χ1v) is 16.3. The standard InChI is InChI=1S/C35H49N3O5/c1-21(10-9-16-34(3,4)43)27-13-14-28-26-20-30(25-18-24(39)19-31(40)22(25)2)38-33(42)36(23-11-7-6-8-12-23)32(41)37(38)29(26)15-17-35(27,28)5/h6-8,11-12,20-21,24,27-31,39-40,43H,9-10,13-19H2,1-5H3/t21-,24-,27-,28+,29+,30-,31+,35-/m1/s1. The Hall–Kier alpha value is -2.68. The number of hydrogen-bond acceptors (Lipinski definition) is 5. The normalized spacial score (nSPS) is 33.1. The fourth-order valence-electron chi connectivity index (χ4n) is 9.31. The van der Waals surface area contributed by atoms with Gasteiger partial charge in [-0.3, -0.25) is 0 Å². The highest BCUT2D eigenvalue weighted by molar-refractivity contribution is 5.37. The number of allylic oxidation sites excluding steroid dienone is 2. The van der Waals surface area contributed by atoms with Crippen molar-refractivity contribution in [3.05, 3.63) is 74.1 Å². The van der Waals surface area contributed by atoms with Gasteiger partial charge in [-0.2, -0.15) is 0 Å². The Kier molecular flexibility index (Phi) is 7.79. The third kappa shape index (κ3) is 5.13. The molecule has 2 saturated carbocycles. The number of fused-ring (bicyclic) bond motifs is 5. The lowest BCUT2D eigenvalue weighted by molar-refractivity contribution is 0.0538. The highest BCUT2D eigenvalue weighted by atomic mass is 16.3. The van der Waals surface area contributed by atoms with Gasteiger partial charge >= 0.3 is 11.4 Å². The molecule has 0 radical (unpaired) electrons. The number of aromatic nitrogens is 3. The zero-order valence-electron chi connectivity index (χ0n) is 26.4. The molecule has 0 unspecified atom stereocenters. The Morgan fingerprint density at radius 3 is 2.44 bits per heavy atom. The van der Waals surface area contributed by atoms with Crippen LogP contribution in [0.4, 0.5) is 0 Å². The van der Waals surface area contributed by atoms with E-state index in [2.05, 4.69) is 19.9 Å². The van der Waals surface area contributed by atoms with Crippen LogP contribution in [0.3, 0.4) is 0 Å². The lowest BCUT2D eigenvalue weighted by Crippen LogP contribution is -2.46. The molecule has 6 rings (SSSR count). The first-order chi connectivity index (χ1) is 20.3. The van der Waals surface area contributed by atoms with E-state index in [0.29, 0.717) is 29.9 Å². The number of aliphatic hydroxyl groups is 3. The largest absolute Gasteiger partial charge is 0.393 e. The average molecular weight is 592 g/mol. The summed E-state index contributed by atoms with van der Waals surface area (Å²) in [4.78, 5) is 28.4. The summed E-state index contributed by atoms with van der Waals surface area (Å²) < 4.78 is 4.61. The highest BCUT2D eigenvalue weighted by Crippen LogP contribution is 2.62. The van der Waals surface area contributed by atoms with Gasteiger partial charge in [0.25, 0.3) is 0 Å². The van der Waals surface area contributed by atoms with E-state index in [0.717, 1.165) is 56.1 Å². The lowest BCUT2D eigenvalue weighted by Gasteiger charge is -2.49. The van der Waals surface area contributed by atoms with Crippen molar-refractivity contribution in [3.8, 4) is 5.69 Å². The summed E-state index contributed by atoms with van der Waals surface area (Å²) in [5.41, 5.74) is 2.13. The van der Waals surface area contributed by atoms with Gasteiger partial charge in [0.05, 0.1) is 35.6 Å². The van der Waals surface area contributed by atoms with Crippen LogP contribution in [0.1, 0.15) is 104 Å². The molecule has 8 atom stereocenters. The van der Waals surface area contributed by atoms with Gasteiger partial charge in [-0.05, 0) is 111 Å². The Morgan fingerprint density at radius 1 is 1.05 bits per heavy atom. The van der Waals surface area contributed by atoms with Gasteiger partial charge < -0.3 is 15.3 Å². The molecule has 2 heterocycles. The van der Waals surface area contributed by atoms with E-state index in [1.165, 1.54) is 10.1 Å². The summed E-state index contributed by atoms with van der Waals surface area (Å²) >= 11 is 0. The Morgan fingerprint density at radius 2 is 1.74 bits per heavy atom. The van der Waals surface area contributed by atoms with Gasteiger partial charge in [-0.15, -0.1) is 0 Å². The van der Waals surface area contributed by atoms with E-state index in [-0.39, 0.29) is 29.3 Å². The maximum atomic E-state index is 14.2. The van der Waals surface area contributed by atoms with Crippen molar-refractivity contribution in [1.82, 2.24) is 13.9 Å². The van der Waals surface area contributed by atoms with Crippen molar-refractivity contribution in [2.45, 2.75) is 122 Å². The molecule has 43 heavy (non-hydrogen) atoms. The van der Waals surface area contributed by atoms with Crippen LogP contribution < -0.4 is 11.4 Å². The lowest BCUT2D eigenvalue weighted by atomic mass is 9.59. The molecule has 0 spiro atoms. The van der Waals surface area contributed by atoms with Crippen molar-refractivity contribution in [2.75, 3.05) is 0 Å². The van der Waals surface area contributed by atoms with E-state index in [4.69, 9.17) is 0 Å². The van der Waals surface area contributed by atoms with Crippen molar-refractivity contribution in [3.63, 3.8) is 0 Å². The predicted octanol–water partition coefficient (Wildman–Crippen LogP) is 5.06. The van der Waals surface area contributed by atoms with Crippen molar-refractivity contribution in [2.24, 2.45) is 23.2 Å². The van der Waals surface area contributed by atoms with E-state index < -0.39 is 23.9 Å². The van der Waals surface area contributed by atoms with Crippen LogP contribution in [0, 0.1) is 23.2 Å². The Bertz CT molecular complexity index is 1540. The monoisotopic (exact) mass is 591 g/mol. The molecular formula is C35H49N3O5. The van der Waals surface area contributed by atoms with Gasteiger partial charge in [0.1, 0.15) is 0 Å². The molecule has 4 aliphatic rings. The molecule has 2 fully saturated rings. The Labute approximate surface area is 254 Å². The van der Waals surface area contributed by atoms with E-state index in [9.17, 15) is 24.9 Å². The summed E-state index contributed by atoms with van der Waals surface area (Å²) in [5, 5.41) is 31.8. The zero-order valence-corrected chi connectivity index (χ0v) is 26.4. The number of aliphatic hydroxyl groups excluding tert-OH is 2. The molecule has 8 heteroatoms. The van der Waals surface area contributed by atoms with Crippen molar-refractivity contribution < 1.29 is 15.3 Å². The van der Waals surface area contributed by atoms with Crippen LogP contribution in [-0.2, 0) is 0 Å². The van der Waals surface area contributed by atoms with Crippen LogP contribution in [0.25, 0.3) is 5.69 Å². The van der Waals surface area contributed by atoms with E-state index in [1.54, 1.807) is 21.5 Å². The van der Waals surface area contributed by atoms with Crippen LogP contribution in [0.2, 0.25) is 0 Å². The third-order valence-electron chi connectivity index (χ3n) is 11.5. The molecule has 3 aliphatic carbocycles. The minimum absolute atomic E-state index is 0.0874. The van der Waals surface area contributed by atoms with Gasteiger partial charge in [0.2, 0.25) is 0 Å². The summed E-state index contributed by atoms with van der Waals surface area (Å²) in [5.74, 6) is 1.38. The summed E-state index contributed by atoms with van der Waals surface area (Å²) in [6.45, 7) is 10.5. The second-order valence-corrected chi connectivity index (χ2v) is 14.8. The molecular weight excluding hydrogens is 542 g/mol. The molecule has 2 aromatic rings. The smallest absolute Gasteiger partial charge is 0.352 e. The first-order valence-electron chi connectivity index (χ1n) is 16.3. The van der Waals surface area contributed by atoms with Crippen LogP contribution in [-0.4, -0.2) is 47.1 Å². The summed E-state index contributed by atoms with van der Waals surface area (Å²) in [6.07, 6.45) is 8.24. The second-order valence-electron chi connectivity index (χ2n) is 14.8. The van der Waals surface area contributed by atoms with Gasteiger partial charge in [0.15, 0.2) is 0 Å². The van der Waals surface area contributed by atoms with Gasteiger partial charge in [-0.1, -0.05) is 51.0 Å². The molecule has 1 aliphatic heterocycles. The quantitative estimate of drug-likeness (QED) is 0.390. The van der Waals surface area contributed by atoms with E-state index >= 15 is 0 Å². The molecule has 1 aromatic heterocycles. The van der Waals surface area contributed by atoms with Gasteiger partial charge in [0, 0.05) is 6.42 Å². The Balaban J connectivity index is 1.44.